The highest BCUT2D eigenvalue weighted by Gasteiger charge is 2.15. The summed E-state index contributed by atoms with van der Waals surface area (Å²) in [5.41, 5.74) is 2.01. The van der Waals surface area contributed by atoms with E-state index in [0.717, 1.165) is 31.1 Å². The monoisotopic (exact) mass is 352 g/mol. The van der Waals surface area contributed by atoms with Gasteiger partial charge in [-0.1, -0.05) is 35.6 Å². The first-order chi connectivity index (χ1) is 11.4. The van der Waals surface area contributed by atoms with E-state index in [0.29, 0.717) is 0 Å². The summed E-state index contributed by atoms with van der Waals surface area (Å²) in [6.45, 7) is 0. The van der Waals surface area contributed by atoms with Crippen molar-refractivity contribution >= 4 is 54.4 Å². The van der Waals surface area contributed by atoms with Gasteiger partial charge in [0, 0.05) is 0 Å². The van der Waals surface area contributed by atoms with Crippen molar-refractivity contribution < 1.29 is 0 Å². The van der Waals surface area contributed by atoms with Crippen molar-refractivity contribution in [2.75, 3.05) is 0 Å². The van der Waals surface area contributed by atoms with Gasteiger partial charge in [0.15, 0.2) is 20.0 Å². The molecule has 0 unspecified atom stereocenters. The third-order valence-corrected chi connectivity index (χ3v) is 6.66. The summed E-state index contributed by atoms with van der Waals surface area (Å²) in [7, 11) is 0. The van der Waals surface area contributed by atoms with E-state index in [-0.39, 0.29) is 0 Å². The molecule has 0 fully saturated rings. The predicted octanol–water partition coefficient (Wildman–Crippen LogP) is 5.09. The summed E-state index contributed by atoms with van der Waals surface area (Å²) in [5, 5.41) is 12.1. The molecule has 2 aromatic carbocycles. The minimum Gasteiger partial charge on any atom is -0.233 e. The molecule has 3 heterocycles. The lowest BCUT2D eigenvalue weighted by atomic mass is 10.3. The Bertz CT molecular complexity index is 984. The number of thiazole rings is 2. The molecule has 0 aliphatic carbocycles. The Hall–Kier alpha value is -2.22. The Morgan fingerprint density at radius 3 is 1.48 bits per heavy atom. The Kier molecular flexibility index (Phi) is 2.97. The molecule has 5 rings (SSSR count). The highest BCUT2D eigenvalue weighted by atomic mass is 32.1. The third-order valence-electron chi connectivity index (χ3n) is 3.38. The van der Waals surface area contributed by atoms with E-state index in [2.05, 4.69) is 32.3 Å². The molecule has 0 saturated heterocycles. The van der Waals surface area contributed by atoms with Crippen molar-refractivity contribution in [2.24, 2.45) is 0 Å². The van der Waals surface area contributed by atoms with Gasteiger partial charge < -0.3 is 0 Å². The zero-order valence-corrected chi connectivity index (χ0v) is 14.1. The maximum Gasteiger partial charge on any atom is 0.177 e. The van der Waals surface area contributed by atoms with Crippen LogP contribution in [0.15, 0.2) is 48.5 Å². The topological polar surface area (TPSA) is 51.6 Å². The van der Waals surface area contributed by atoms with Crippen LogP contribution in [0.3, 0.4) is 0 Å². The van der Waals surface area contributed by atoms with Crippen LogP contribution in [0.4, 0.5) is 0 Å². The molecule has 110 valence electrons. The standard InChI is InChI=1S/C16H8N4S3/c1-3-7-11-9(5-1)17-13(21-11)15-19-20-16(23-15)14-18-10-6-2-4-8-12(10)22-14/h1-8H. The van der Waals surface area contributed by atoms with Gasteiger partial charge in [-0.15, -0.1) is 32.9 Å². The second-order valence-corrected chi connectivity index (χ2v) is 7.92. The van der Waals surface area contributed by atoms with Crippen LogP contribution < -0.4 is 0 Å². The lowest BCUT2D eigenvalue weighted by molar-refractivity contribution is 1.10. The number of benzene rings is 2. The summed E-state index contributed by atoms with van der Waals surface area (Å²) < 4.78 is 2.33. The van der Waals surface area contributed by atoms with Crippen molar-refractivity contribution in [1.29, 1.82) is 0 Å². The quantitative estimate of drug-likeness (QED) is 0.444. The zero-order valence-electron chi connectivity index (χ0n) is 11.6. The van der Waals surface area contributed by atoms with E-state index in [1.165, 1.54) is 9.40 Å². The van der Waals surface area contributed by atoms with Gasteiger partial charge >= 0.3 is 0 Å². The first-order valence-electron chi connectivity index (χ1n) is 6.92. The molecule has 5 aromatic rings. The maximum atomic E-state index is 4.64. The van der Waals surface area contributed by atoms with Crippen LogP contribution in [0, 0.1) is 0 Å². The average Bonchev–Trinajstić information content (AvgIpc) is 3.30. The maximum absolute atomic E-state index is 4.64. The normalized spacial score (nSPS) is 11.5. The van der Waals surface area contributed by atoms with E-state index in [1.54, 1.807) is 34.0 Å². The number of rotatable bonds is 2. The average molecular weight is 352 g/mol. The molecule has 23 heavy (non-hydrogen) atoms. The molecule has 0 spiro atoms. The van der Waals surface area contributed by atoms with E-state index in [1.807, 2.05) is 36.4 Å². The van der Waals surface area contributed by atoms with Crippen LogP contribution in [0.2, 0.25) is 0 Å². The minimum absolute atomic E-state index is 0.848. The van der Waals surface area contributed by atoms with E-state index >= 15 is 0 Å². The van der Waals surface area contributed by atoms with Crippen molar-refractivity contribution in [3.63, 3.8) is 0 Å². The molecule has 3 aromatic heterocycles. The van der Waals surface area contributed by atoms with Gasteiger partial charge in [0.2, 0.25) is 0 Å². The van der Waals surface area contributed by atoms with Crippen LogP contribution in [0.5, 0.6) is 0 Å². The summed E-state index contributed by atoms with van der Waals surface area (Å²) >= 11 is 4.83. The summed E-state index contributed by atoms with van der Waals surface area (Å²) in [5.74, 6) is 0. The first kappa shape index (κ1) is 13.2. The fourth-order valence-electron chi connectivity index (χ4n) is 2.32. The molecule has 0 bridgehead atoms. The molecular formula is C16H8N4S3. The second-order valence-electron chi connectivity index (χ2n) is 4.89. The number of hydrogen-bond donors (Lipinski definition) is 0. The molecule has 0 radical (unpaired) electrons. The SMILES string of the molecule is c1ccc2sc(-c3nnc(-c4nc5ccccc5s4)s3)nc2c1. The highest BCUT2D eigenvalue weighted by molar-refractivity contribution is 7.28. The Labute approximate surface area is 143 Å². The van der Waals surface area contributed by atoms with E-state index in [9.17, 15) is 0 Å². The smallest absolute Gasteiger partial charge is 0.177 e. The van der Waals surface area contributed by atoms with E-state index in [4.69, 9.17) is 0 Å². The molecule has 0 N–H and O–H groups in total. The molecule has 0 saturated carbocycles. The van der Waals surface area contributed by atoms with Gasteiger partial charge in [0.25, 0.3) is 0 Å². The Balaban J connectivity index is 1.59. The number of fused-ring (bicyclic) bond motifs is 2. The van der Waals surface area contributed by atoms with Crippen LogP contribution in [0.1, 0.15) is 0 Å². The summed E-state index contributed by atoms with van der Waals surface area (Å²) in [4.78, 5) is 9.28. The molecule has 0 amide bonds. The third kappa shape index (κ3) is 2.24. The predicted molar refractivity (Wildman–Crippen MR) is 97.1 cm³/mol. The van der Waals surface area contributed by atoms with Crippen molar-refractivity contribution in [1.82, 2.24) is 20.2 Å². The fraction of sp³-hybridized carbons (Fsp3) is 0. The summed E-state index contributed by atoms with van der Waals surface area (Å²) in [6.07, 6.45) is 0. The number of nitrogens with zero attached hydrogens (tertiary/aromatic N) is 4. The van der Waals surface area contributed by atoms with Gasteiger partial charge in [0.05, 0.1) is 20.4 Å². The van der Waals surface area contributed by atoms with Crippen molar-refractivity contribution in [2.45, 2.75) is 0 Å². The van der Waals surface area contributed by atoms with Crippen molar-refractivity contribution in [3.05, 3.63) is 48.5 Å². The lowest BCUT2D eigenvalue weighted by Gasteiger charge is -1.84. The van der Waals surface area contributed by atoms with Crippen LogP contribution >= 0.6 is 34.0 Å². The number of hydrogen-bond acceptors (Lipinski definition) is 7. The largest absolute Gasteiger partial charge is 0.233 e. The lowest BCUT2D eigenvalue weighted by Crippen LogP contribution is -1.75. The van der Waals surface area contributed by atoms with Gasteiger partial charge in [-0.3, -0.25) is 0 Å². The Morgan fingerprint density at radius 2 is 1.00 bits per heavy atom. The van der Waals surface area contributed by atoms with Crippen LogP contribution in [-0.4, -0.2) is 20.2 Å². The first-order valence-corrected chi connectivity index (χ1v) is 9.37. The molecule has 7 heteroatoms. The molecular weight excluding hydrogens is 344 g/mol. The van der Waals surface area contributed by atoms with Crippen LogP contribution in [-0.2, 0) is 0 Å². The number of aromatic nitrogens is 4. The Morgan fingerprint density at radius 1 is 0.522 bits per heavy atom. The fourth-order valence-corrected chi connectivity index (χ4v) is 5.13. The van der Waals surface area contributed by atoms with Gasteiger partial charge in [0.1, 0.15) is 0 Å². The van der Waals surface area contributed by atoms with E-state index < -0.39 is 0 Å². The number of para-hydroxylation sites is 2. The minimum atomic E-state index is 0.848. The van der Waals surface area contributed by atoms with Gasteiger partial charge in [-0.25, -0.2) is 9.97 Å². The zero-order chi connectivity index (χ0) is 15.2. The second kappa shape index (κ2) is 5.16. The van der Waals surface area contributed by atoms with Crippen molar-refractivity contribution in [3.8, 4) is 20.0 Å². The molecule has 0 aliphatic heterocycles. The molecule has 4 nitrogen and oxygen atoms in total. The van der Waals surface area contributed by atoms with Crippen LogP contribution in [0.25, 0.3) is 40.5 Å². The summed E-state index contributed by atoms with van der Waals surface area (Å²) in [6, 6.07) is 16.2. The van der Waals surface area contributed by atoms with Gasteiger partial charge in [-0.2, -0.15) is 0 Å². The van der Waals surface area contributed by atoms with Gasteiger partial charge in [-0.05, 0) is 24.3 Å². The molecule has 0 atom stereocenters. The highest BCUT2D eigenvalue weighted by Crippen LogP contribution is 2.37. The molecule has 0 aliphatic rings.